The molecule has 2 rings (SSSR count). The summed E-state index contributed by atoms with van der Waals surface area (Å²) in [5.41, 5.74) is 0.835. The molecule has 0 saturated carbocycles. The normalized spacial score (nSPS) is 14.9. The smallest absolute Gasteiger partial charge is 0.289 e. The first-order chi connectivity index (χ1) is 6.70. The van der Waals surface area contributed by atoms with E-state index in [1.165, 1.54) is 6.20 Å². The van der Waals surface area contributed by atoms with Crippen LogP contribution in [0.4, 0.5) is 5.69 Å². The number of aromatic amines is 1. The third-order valence-electron chi connectivity index (χ3n) is 2.34. The molecule has 0 radical (unpaired) electrons. The zero-order valence-electron chi connectivity index (χ0n) is 7.37. The summed E-state index contributed by atoms with van der Waals surface area (Å²) in [7, 11) is 0. The molecule has 0 atom stereocenters. The number of hydrogen-bond acceptors (Lipinski definition) is 4. The van der Waals surface area contributed by atoms with E-state index in [0.717, 1.165) is 0 Å². The Bertz CT molecular complexity index is 438. The summed E-state index contributed by atoms with van der Waals surface area (Å²) in [6.07, 6.45) is 1.71. The van der Waals surface area contributed by atoms with Crippen LogP contribution in [-0.4, -0.2) is 16.5 Å². The van der Waals surface area contributed by atoms with Gasteiger partial charge in [0.2, 0.25) is 0 Å². The molecule has 6 nitrogen and oxygen atoms in total. The fourth-order valence-corrected chi connectivity index (χ4v) is 1.66. The third-order valence-corrected chi connectivity index (χ3v) is 2.34. The van der Waals surface area contributed by atoms with Gasteiger partial charge in [-0.3, -0.25) is 14.9 Å². The first-order valence-electron chi connectivity index (χ1n) is 4.28. The van der Waals surface area contributed by atoms with Crippen LogP contribution in [0, 0.1) is 10.1 Å². The van der Waals surface area contributed by atoms with Gasteiger partial charge in [0.25, 0.3) is 11.2 Å². The number of aromatic nitrogens is 1. The van der Waals surface area contributed by atoms with Gasteiger partial charge in [-0.1, -0.05) is 0 Å². The lowest BCUT2D eigenvalue weighted by molar-refractivity contribution is -0.386. The van der Waals surface area contributed by atoms with Crippen LogP contribution in [0.2, 0.25) is 0 Å². The first-order valence-corrected chi connectivity index (χ1v) is 4.28. The Labute approximate surface area is 79.1 Å². The number of nitrogens with zero attached hydrogens (tertiary/aromatic N) is 1. The van der Waals surface area contributed by atoms with Crippen LogP contribution in [-0.2, 0) is 13.0 Å². The highest BCUT2D eigenvalue weighted by molar-refractivity contribution is 5.43. The third kappa shape index (κ3) is 1.29. The lowest BCUT2D eigenvalue weighted by atomic mass is 10.0. The Morgan fingerprint density at radius 1 is 1.43 bits per heavy atom. The maximum atomic E-state index is 11.3. The minimum absolute atomic E-state index is 0.0149. The molecule has 0 aromatic carbocycles. The summed E-state index contributed by atoms with van der Waals surface area (Å²) in [5, 5.41) is 13.7. The maximum Gasteiger partial charge on any atom is 0.289 e. The van der Waals surface area contributed by atoms with Crippen molar-refractivity contribution in [1.29, 1.82) is 0 Å². The highest BCUT2D eigenvalue weighted by Gasteiger charge is 2.22. The Balaban J connectivity index is 2.65. The van der Waals surface area contributed by atoms with Crippen LogP contribution in [0.5, 0.6) is 0 Å². The van der Waals surface area contributed by atoms with E-state index < -0.39 is 4.92 Å². The van der Waals surface area contributed by atoms with E-state index in [4.69, 9.17) is 0 Å². The summed E-state index contributed by atoms with van der Waals surface area (Å²) in [4.78, 5) is 23.9. The van der Waals surface area contributed by atoms with E-state index in [0.29, 0.717) is 30.6 Å². The fraction of sp³-hybridized carbons (Fsp3) is 0.375. The van der Waals surface area contributed by atoms with Crippen LogP contribution in [0.15, 0.2) is 11.0 Å². The zero-order valence-corrected chi connectivity index (χ0v) is 7.37. The van der Waals surface area contributed by atoms with Crippen LogP contribution in [0.3, 0.4) is 0 Å². The van der Waals surface area contributed by atoms with Gasteiger partial charge in [0, 0.05) is 17.7 Å². The molecule has 2 N–H and O–H groups in total. The molecule has 2 heterocycles. The Morgan fingerprint density at radius 2 is 2.21 bits per heavy atom. The van der Waals surface area contributed by atoms with Crippen molar-refractivity contribution >= 4 is 5.69 Å². The molecular formula is C8H9N3O3. The van der Waals surface area contributed by atoms with Gasteiger partial charge >= 0.3 is 0 Å². The predicted octanol–water partition coefficient (Wildman–Crippen LogP) is -0.0712. The molecule has 0 aliphatic carbocycles. The van der Waals surface area contributed by atoms with Crippen molar-refractivity contribution in [3.63, 3.8) is 0 Å². The number of nitro groups is 1. The molecule has 1 aliphatic rings. The van der Waals surface area contributed by atoms with E-state index in [1.807, 2.05) is 0 Å². The van der Waals surface area contributed by atoms with Crippen molar-refractivity contribution in [3.05, 3.63) is 37.8 Å². The molecule has 74 valence electrons. The molecule has 0 unspecified atom stereocenters. The zero-order chi connectivity index (χ0) is 10.1. The van der Waals surface area contributed by atoms with Gasteiger partial charge in [0.05, 0.1) is 11.1 Å². The van der Waals surface area contributed by atoms with Gasteiger partial charge in [-0.15, -0.1) is 0 Å². The maximum absolute atomic E-state index is 11.3. The van der Waals surface area contributed by atoms with Gasteiger partial charge in [-0.25, -0.2) is 0 Å². The van der Waals surface area contributed by atoms with Crippen molar-refractivity contribution < 1.29 is 4.92 Å². The molecule has 1 aliphatic heterocycles. The van der Waals surface area contributed by atoms with Crippen LogP contribution < -0.4 is 10.9 Å². The lowest BCUT2D eigenvalue weighted by Crippen LogP contribution is -2.30. The second-order valence-electron chi connectivity index (χ2n) is 3.14. The minimum atomic E-state index is -0.458. The quantitative estimate of drug-likeness (QED) is 0.485. The summed E-state index contributed by atoms with van der Waals surface area (Å²) in [5.74, 6) is 0. The van der Waals surface area contributed by atoms with Crippen LogP contribution >= 0.6 is 0 Å². The summed E-state index contributed by atoms with van der Waals surface area (Å²) in [6.45, 7) is 1.09. The number of hydrogen-bond donors (Lipinski definition) is 2. The number of rotatable bonds is 1. The van der Waals surface area contributed by atoms with E-state index in [-0.39, 0.29) is 11.2 Å². The lowest BCUT2D eigenvalue weighted by Gasteiger charge is -2.14. The molecule has 0 fully saturated rings. The highest BCUT2D eigenvalue weighted by Crippen LogP contribution is 2.20. The molecule has 14 heavy (non-hydrogen) atoms. The van der Waals surface area contributed by atoms with Crippen molar-refractivity contribution in [2.45, 2.75) is 13.0 Å². The van der Waals surface area contributed by atoms with E-state index in [2.05, 4.69) is 10.3 Å². The second-order valence-corrected chi connectivity index (χ2v) is 3.14. The molecule has 0 bridgehead atoms. The first kappa shape index (κ1) is 8.89. The van der Waals surface area contributed by atoms with Gasteiger partial charge in [0.1, 0.15) is 0 Å². The SMILES string of the molecule is O=c1[nH]cc([N+](=O)[O-])c2c1CNCC2. The average molecular weight is 195 g/mol. The standard InChI is InChI=1S/C8H9N3O3/c12-8-6-3-9-2-1-5(6)7(4-10-8)11(13)14/h4,9H,1-3H2,(H,10,12). The van der Waals surface area contributed by atoms with Crippen molar-refractivity contribution in [2.24, 2.45) is 0 Å². The number of H-pyrrole nitrogens is 1. The monoisotopic (exact) mass is 195 g/mol. The van der Waals surface area contributed by atoms with Crippen LogP contribution in [0.1, 0.15) is 11.1 Å². The molecule has 0 spiro atoms. The fourth-order valence-electron chi connectivity index (χ4n) is 1.66. The summed E-state index contributed by atoms with van der Waals surface area (Å²) in [6, 6.07) is 0. The second kappa shape index (κ2) is 3.22. The molecule has 6 heteroatoms. The van der Waals surface area contributed by atoms with Gasteiger partial charge in [-0.2, -0.15) is 0 Å². The number of nitrogens with one attached hydrogen (secondary N) is 2. The Hall–Kier alpha value is -1.69. The summed E-state index contributed by atoms with van der Waals surface area (Å²) >= 11 is 0. The van der Waals surface area contributed by atoms with Crippen molar-refractivity contribution in [2.75, 3.05) is 6.54 Å². The Morgan fingerprint density at radius 3 is 2.93 bits per heavy atom. The van der Waals surface area contributed by atoms with Gasteiger partial charge in [-0.05, 0) is 13.0 Å². The number of pyridine rings is 1. The van der Waals surface area contributed by atoms with E-state index in [1.54, 1.807) is 0 Å². The molecule has 0 amide bonds. The van der Waals surface area contributed by atoms with Gasteiger partial charge in [0.15, 0.2) is 0 Å². The largest absolute Gasteiger partial charge is 0.322 e. The van der Waals surface area contributed by atoms with E-state index in [9.17, 15) is 14.9 Å². The van der Waals surface area contributed by atoms with Crippen LogP contribution in [0.25, 0.3) is 0 Å². The Kier molecular flexibility index (Phi) is 2.05. The average Bonchev–Trinajstić information content (AvgIpc) is 2.18. The molecule has 1 aromatic heterocycles. The van der Waals surface area contributed by atoms with Crippen molar-refractivity contribution in [3.8, 4) is 0 Å². The summed E-state index contributed by atoms with van der Waals surface area (Å²) < 4.78 is 0. The minimum Gasteiger partial charge on any atom is -0.322 e. The highest BCUT2D eigenvalue weighted by atomic mass is 16.6. The number of fused-ring (bicyclic) bond motifs is 1. The van der Waals surface area contributed by atoms with E-state index >= 15 is 0 Å². The predicted molar refractivity (Wildman–Crippen MR) is 49.1 cm³/mol. The molecule has 0 saturated heterocycles. The van der Waals surface area contributed by atoms with Gasteiger partial charge < -0.3 is 10.3 Å². The molecular weight excluding hydrogens is 186 g/mol. The molecule has 1 aromatic rings. The topological polar surface area (TPSA) is 88.0 Å². The van der Waals surface area contributed by atoms with Crippen molar-refractivity contribution in [1.82, 2.24) is 10.3 Å².